The van der Waals surface area contributed by atoms with Crippen molar-refractivity contribution >= 4 is 41.5 Å². The minimum Gasteiger partial charge on any atom is -0.478 e. The molecule has 0 saturated carbocycles. The highest BCUT2D eigenvalue weighted by atomic mass is 19.1. The van der Waals surface area contributed by atoms with Gasteiger partial charge in [-0.15, -0.1) is 0 Å². The number of alkyl halides is 4. The van der Waals surface area contributed by atoms with E-state index in [9.17, 15) is 50.3 Å². The van der Waals surface area contributed by atoms with E-state index in [1.165, 1.54) is 28.0 Å². The summed E-state index contributed by atoms with van der Waals surface area (Å²) < 4.78 is 92.4. The van der Waals surface area contributed by atoms with E-state index in [-0.39, 0.29) is 69.3 Å². The molecule has 0 spiro atoms. The zero-order valence-corrected chi connectivity index (χ0v) is 39.0. The molecule has 0 radical (unpaired) electrons. The van der Waals surface area contributed by atoms with Gasteiger partial charge in [-0.2, -0.15) is 0 Å². The van der Waals surface area contributed by atoms with E-state index in [0.29, 0.717) is 36.2 Å². The van der Waals surface area contributed by atoms with Crippen molar-refractivity contribution in [2.24, 2.45) is 5.73 Å². The fraction of sp³-hybridized carbons (Fsp3) is 0.408. The zero-order valence-electron chi connectivity index (χ0n) is 39.0. The van der Waals surface area contributed by atoms with Crippen molar-refractivity contribution in [2.45, 2.75) is 64.5 Å². The minimum atomic E-state index is -1.30. The molecule has 2 fully saturated rings. The standard InChI is InChI=1S/C25H28F2N2O6.C22H24F3N3O3.C2H6FN/c1-25(2,3)35-23(32)28(12-4-11-26)14-16-5-7-17(8-6-16)19-10-9-18(13-20(19)27)29-15-21(22(30)31)34-24(29)33;23-8-1-10-26-13-15-2-4-16(5-3-15)18-7-6-17(12-19(18)25)28-14-20(31-22(28)30)21(29)27-11-9-24;3-1-2-4/h5-10,13,21H,4,11-12,14-15H2,1-3H3,(H,30,31);2-7,12,20,26H,1,8-11,13-14H2,(H,27,29);1-2,4H2/t21-;20-;/m11./s1. The van der Waals surface area contributed by atoms with Crippen molar-refractivity contribution in [1.29, 1.82) is 0 Å². The lowest BCUT2D eigenvalue weighted by Crippen LogP contribution is -2.38. The molecule has 4 amide bonds. The fourth-order valence-corrected chi connectivity index (χ4v) is 6.76. The molecule has 2 atom stereocenters. The van der Waals surface area contributed by atoms with Gasteiger partial charge in [-0.25, -0.2) is 36.7 Å². The molecule has 2 aliphatic heterocycles. The fourth-order valence-electron chi connectivity index (χ4n) is 6.76. The van der Waals surface area contributed by atoms with Crippen molar-refractivity contribution in [2.75, 3.05) is 75.8 Å². The van der Waals surface area contributed by atoms with Crippen molar-refractivity contribution in [3.63, 3.8) is 0 Å². The van der Waals surface area contributed by atoms with Gasteiger partial charge >= 0.3 is 24.2 Å². The van der Waals surface area contributed by atoms with Crippen LogP contribution in [0.25, 0.3) is 22.3 Å². The second kappa shape index (κ2) is 27.4. The third-order valence-corrected chi connectivity index (χ3v) is 10.2. The highest BCUT2D eigenvalue weighted by Gasteiger charge is 2.38. The van der Waals surface area contributed by atoms with Crippen LogP contribution in [0.3, 0.4) is 0 Å². The van der Waals surface area contributed by atoms with Crippen LogP contribution < -0.4 is 26.2 Å². The van der Waals surface area contributed by atoms with Crippen LogP contribution in [-0.2, 0) is 36.9 Å². The van der Waals surface area contributed by atoms with Gasteiger partial charge in [0.25, 0.3) is 5.91 Å². The number of amides is 4. The first-order valence-electron chi connectivity index (χ1n) is 22.3. The number of rotatable bonds is 19. The molecule has 70 heavy (non-hydrogen) atoms. The van der Waals surface area contributed by atoms with Crippen molar-refractivity contribution in [3.8, 4) is 22.3 Å². The Morgan fingerprint density at radius 2 is 1.23 bits per heavy atom. The van der Waals surface area contributed by atoms with Gasteiger partial charge in [-0.3, -0.25) is 23.4 Å². The quantitative estimate of drug-likeness (QED) is 0.0402. The minimum absolute atomic E-state index is 0.0835. The first-order valence-corrected chi connectivity index (χ1v) is 22.3. The number of carboxylic acids is 1. The van der Waals surface area contributed by atoms with Gasteiger partial charge in [0.15, 0.2) is 6.10 Å². The maximum atomic E-state index is 14.9. The number of carbonyl (C=O) groups is 5. The average molecular weight is 989 g/mol. The number of hydrogen-bond donors (Lipinski definition) is 4. The average Bonchev–Trinajstić information content (AvgIpc) is 3.93. The highest BCUT2D eigenvalue weighted by molar-refractivity contribution is 5.96. The number of hydrogen-bond acceptors (Lipinski definition) is 10. The third kappa shape index (κ3) is 16.7. The van der Waals surface area contributed by atoms with Crippen LogP contribution in [-0.4, -0.2) is 124 Å². The van der Waals surface area contributed by atoms with E-state index >= 15 is 0 Å². The maximum Gasteiger partial charge on any atom is 0.415 e. The van der Waals surface area contributed by atoms with Crippen molar-refractivity contribution < 1.29 is 69.6 Å². The lowest BCUT2D eigenvalue weighted by atomic mass is 10.0. The van der Waals surface area contributed by atoms with E-state index in [0.717, 1.165) is 22.1 Å². The Balaban J connectivity index is 0.000000285. The number of carboxylic acid groups (broad SMARTS) is 1. The molecule has 21 heteroatoms. The van der Waals surface area contributed by atoms with Gasteiger partial charge in [0.05, 0.1) is 37.8 Å². The SMILES string of the molecule is CC(C)(C)OC(=O)N(CCCF)Cc1ccc(-c2ccc(N3C[C@H](C(=O)O)OC3=O)cc2F)cc1.NCCF.O=C(NCCF)[C@H]1CN(c2ccc(-c3ccc(CNCCCF)cc3)c(F)c2)C(=O)O1. The second-order valence-electron chi connectivity index (χ2n) is 16.6. The molecule has 15 nitrogen and oxygen atoms in total. The first-order chi connectivity index (χ1) is 33.4. The van der Waals surface area contributed by atoms with Crippen LogP contribution in [0.2, 0.25) is 0 Å². The largest absolute Gasteiger partial charge is 0.478 e. The van der Waals surface area contributed by atoms with Crippen LogP contribution in [0.1, 0.15) is 44.7 Å². The topological polar surface area (TPSA) is 193 Å². The molecular formula is C49H58F6N6O9. The number of ether oxygens (including phenoxy) is 3. The summed E-state index contributed by atoms with van der Waals surface area (Å²) in [5, 5.41) is 14.5. The van der Waals surface area contributed by atoms with Crippen molar-refractivity contribution in [3.05, 3.63) is 108 Å². The number of nitrogens with one attached hydrogen (secondary N) is 2. The number of anilines is 2. The smallest absolute Gasteiger partial charge is 0.415 e. The Labute approximate surface area is 401 Å². The predicted molar refractivity (Wildman–Crippen MR) is 250 cm³/mol. The Bertz CT molecular complexity index is 2360. The summed E-state index contributed by atoms with van der Waals surface area (Å²) in [4.78, 5) is 63.1. The van der Waals surface area contributed by atoms with Crippen LogP contribution in [0.15, 0.2) is 84.9 Å². The van der Waals surface area contributed by atoms with E-state index in [2.05, 4.69) is 16.4 Å². The van der Waals surface area contributed by atoms with E-state index in [1.807, 2.05) is 12.1 Å². The zero-order chi connectivity index (χ0) is 51.4. The number of nitrogens with zero attached hydrogens (tertiary/aromatic N) is 3. The van der Waals surface area contributed by atoms with Crippen LogP contribution in [0.5, 0.6) is 0 Å². The summed E-state index contributed by atoms with van der Waals surface area (Å²) >= 11 is 0. The number of aliphatic carboxylic acids is 1. The summed E-state index contributed by atoms with van der Waals surface area (Å²) in [5.41, 5.74) is 8.07. The third-order valence-electron chi connectivity index (χ3n) is 10.2. The predicted octanol–water partition coefficient (Wildman–Crippen LogP) is 8.27. The summed E-state index contributed by atoms with van der Waals surface area (Å²) in [5.74, 6) is -2.98. The molecule has 0 bridgehead atoms. The van der Waals surface area contributed by atoms with Gasteiger partial charge in [0.2, 0.25) is 6.10 Å². The number of cyclic esters (lactones) is 2. The van der Waals surface area contributed by atoms with E-state index in [1.54, 1.807) is 69.3 Å². The number of halogens is 6. The lowest BCUT2D eigenvalue weighted by molar-refractivity contribution is -0.144. The summed E-state index contributed by atoms with van der Waals surface area (Å²) in [7, 11) is 0. The molecule has 2 aliphatic rings. The molecule has 4 aromatic carbocycles. The summed E-state index contributed by atoms with van der Waals surface area (Å²) in [6.45, 7) is 4.51. The first kappa shape index (κ1) is 55.7. The number of nitrogens with two attached hydrogens (primary N) is 1. The molecule has 2 heterocycles. The van der Waals surface area contributed by atoms with Gasteiger partial charge in [0, 0.05) is 43.9 Å². The van der Waals surface area contributed by atoms with Crippen LogP contribution in [0, 0.1) is 11.6 Å². The molecule has 4 aromatic rings. The second-order valence-corrected chi connectivity index (χ2v) is 16.6. The Hall–Kier alpha value is -6.87. The lowest BCUT2D eigenvalue weighted by Gasteiger charge is -2.27. The summed E-state index contributed by atoms with van der Waals surface area (Å²) in [6.07, 6.45) is -3.89. The molecule has 6 rings (SSSR count). The Morgan fingerprint density at radius 3 is 1.67 bits per heavy atom. The van der Waals surface area contributed by atoms with Crippen LogP contribution in [0.4, 0.5) is 52.1 Å². The monoisotopic (exact) mass is 988 g/mol. The van der Waals surface area contributed by atoms with E-state index in [4.69, 9.17) is 19.3 Å². The number of carbonyl (C=O) groups excluding carboxylic acids is 4. The molecule has 0 aliphatic carbocycles. The molecule has 2 saturated heterocycles. The van der Waals surface area contributed by atoms with Gasteiger partial charge in [-0.05, 0) is 98.8 Å². The Kier molecular flexibility index (Phi) is 21.8. The Morgan fingerprint density at radius 1 is 0.729 bits per heavy atom. The molecule has 0 aromatic heterocycles. The molecular weight excluding hydrogens is 931 g/mol. The molecule has 0 unspecified atom stereocenters. The molecule has 5 N–H and O–H groups in total. The van der Waals surface area contributed by atoms with Crippen molar-refractivity contribution in [1.82, 2.24) is 15.5 Å². The summed E-state index contributed by atoms with van der Waals surface area (Å²) in [6, 6.07) is 22.7. The van der Waals surface area contributed by atoms with Gasteiger partial charge < -0.3 is 40.6 Å². The number of benzene rings is 4. The van der Waals surface area contributed by atoms with Gasteiger partial charge in [-0.1, -0.05) is 48.5 Å². The van der Waals surface area contributed by atoms with E-state index < -0.39 is 79.6 Å². The highest BCUT2D eigenvalue weighted by Crippen LogP contribution is 2.31. The normalized spacial score (nSPS) is 15.2. The van der Waals surface area contributed by atoms with Crippen LogP contribution >= 0.6 is 0 Å². The maximum absolute atomic E-state index is 14.9. The van der Waals surface area contributed by atoms with Gasteiger partial charge in [0.1, 0.15) is 30.6 Å². The molecule has 380 valence electrons.